The van der Waals surface area contributed by atoms with Gasteiger partial charge in [0.05, 0.1) is 4.92 Å². The molecule has 0 radical (unpaired) electrons. The number of carbonyl (C=O) groups is 1. The van der Waals surface area contributed by atoms with Crippen molar-refractivity contribution in [2.24, 2.45) is 17.6 Å². The van der Waals surface area contributed by atoms with E-state index in [1.807, 2.05) is 13.8 Å². The maximum absolute atomic E-state index is 12.0. The Morgan fingerprint density at radius 3 is 2.67 bits per heavy atom. The molecule has 1 amide bonds. The Labute approximate surface area is 123 Å². The Bertz CT molecular complexity index is 517. The van der Waals surface area contributed by atoms with E-state index in [-0.39, 0.29) is 29.5 Å². The number of carbonyl (C=O) groups excluding carboxylic acids is 1. The third-order valence-electron chi connectivity index (χ3n) is 3.09. The van der Waals surface area contributed by atoms with Crippen molar-refractivity contribution >= 4 is 17.3 Å². The van der Waals surface area contributed by atoms with E-state index in [0.717, 1.165) is 6.42 Å². The fourth-order valence-corrected chi connectivity index (χ4v) is 2.19. The van der Waals surface area contributed by atoms with Gasteiger partial charge in [-0.3, -0.25) is 14.9 Å². The van der Waals surface area contributed by atoms with Crippen LogP contribution in [0, 0.1) is 22.0 Å². The molecular weight excluding hydrogens is 274 g/mol. The predicted octanol–water partition coefficient (Wildman–Crippen LogP) is 2.25. The maximum atomic E-state index is 12.0. The van der Waals surface area contributed by atoms with Crippen LogP contribution in [0.5, 0.6) is 5.75 Å². The lowest BCUT2D eigenvalue weighted by Gasteiger charge is -2.16. The van der Waals surface area contributed by atoms with Crippen LogP contribution >= 0.6 is 0 Å². The highest BCUT2D eigenvalue weighted by Gasteiger charge is 2.21. The molecule has 1 unspecified atom stereocenters. The Morgan fingerprint density at radius 2 is 2.14 bits per heavy atom. The van der Waals surface area contributed by atoms with Gasteiger partial charge in [-0.25, -0.2) is 0 Å². The molecule has 0 saturated heterocycles. The molecule has 0 bridgehead atoms. The van der Waals surface area contributed by atoms with Gasteiger partial charge in [-0.2, -0.15) is 0 Å². The van der Waals surface area contributed by atoms with Gasteiger partial charge in [-0.05, 0) is 30.9 Å². The number of hydrogen-bond donors (Lipinski definition) is 3. The summed E-state index contributed by atoms with van der Waals surface area (Å²) in [6.07, 6.45) is 0.965. The van der Waals surface area contributed by atoms with Crippen molar-refractivity contribution in [2.45, 2.75) is 26.7 Å². The summed E-state index contributed by atoms with van der Waals surface area (Å²) < 4.78 is 0. The van der Waals surface area contributed by atoms with Gasteiger partial charge in [0.25, 0.3) is 5.69 Å². The molecule has 0 fully saturated rings. The van der Waals surface area contributed by atoms with E-state index in [2.05, 4.69) is 5.32 Å². The fraction of sp³-hybridized carbons (Fsp3) is 0.500. The summed E-state index contributed by atoms with van der Waals surface area (Å²) in [6.45, 7) is 4.44. The van der Waals surface area contributed by atoms with Crippen LogP contribution in [-0.4, -0.2) is 22.5 Å². The molecule has 7 heteroatoms. The molecule has 1 rings (SSSR count). The molecule has 0 spiro atoms. The van der Waals surface area contributed by atoms with Crippen molar-refractivity contribution in [1.82, 2.24) is 0 Å². The second-order valence-electron chi connectivity index (χ2n) is 5.41. The number of aromatic hydroxyl groups is 1. The lowest BCUT2D eigenvalue weighted by Crippen LogP contribution is -2.23. The second-order valence-corrected chi connectivity index (χ2v) is 5.41. The van der Waals surface area contributed by atoms with Crippen LogP contribution in [0.1, 0.15) is 26.7 Å². The summed E-state index contributed by atoms with van der Waals surface area (Å²) in [7, 11) is 0. The first-order chi connectivity index (χ1) is 9.85. The first kappa shape index (κ1) is 16.9. The second kappa shape index (κ2) is 7.58. The molecule has 0 aliphatic heterocycles. The Hall–Kier alpha value is -2.15. The maximum Gasteiger partial charge on any atom is 0.296 e. The summed E-state index contributed by atoms with van der Waals surface area (Å²) in [5.41, 5.74) is 5.12. The summed E-state index contributed by atoms with van der Waals surface area (Å²) in [5, 5.41) is 23.0. The van der Waals surface area contributed by atoms with Crippen LogP contribution < -0.4 is 11.1 Å². The van der Waals surface area contributed by atoms with Gasteiger partial charge < -0.3 is 16.2 Å². The lowest BCUT2D eigenvalue weighted by molar-refractivity contribution is -0.384. The molecule has 0 aliphatic carbocycles. The predicted molar refractivity (Wildman–Crippen MR) is 80.0 cm³/mol. The number of nitrogens with zero attached hydrogens (tertiary/aromatic N) is 1. The average molecular weight is 295 g/mol. The molecule has 7 nitrogen and oxygen atoms in total. The number of phenolic OH excluding ortho intramolecular Hbond substituents is 1. The van der Waals surface area contributed by atoms with E-state index in [1.165, 1.54) is 18.2 Å². The monoisotopic (exact) mass is 295 g/mol. The number of phenols is 1. The van der Waals surface area contributed by atoms with Gasteiger partial charge in [0.15, 0.2) is 5.69 Å². The van der Waals surface area contributed by atoms with Crippen molar-refractivity contribution in [2.75, 3.05) is 11.9 Å². The van der Waals surface area contributed by atoms with Gasteiger partial charge in [-0.15, -0.1) is 0 Å². The third-order valence-corrected chi connectivity index (χ3v) is 3.09. The number of amides is 1. The smallest absolute Gasteiger partial charge is 0.296 e. The molecule has 4 N–H and O–H groups in total. The minimum atomic E-state index is -0.649. The van der Waals surface area contributed by atoms with E-state index in [9.17, 15) is 20.0 Å². The van der Waals surface area contributed by atoms with Crippen LogP contribution in [0.2, 0.25) is 0 Å². The van der Waals surface area contributed by atoms with Crippen molar-refractivity contribution in [3.63, 3.8) is 0 Å². The molecule has 0 heterocycles. The SMILES string of the molecule is CC(C)CC(CN)CC(=O)Nc1c(O)cccc1[N+](=O)[O-]. The van der Waals surface area contributed by atoms with Crippen LogP contribution in [0.4, 0.5) is 11.4 Å². The van der Waals surface area contributed by atoms with Crippen LogP contribution in [0.3, 0.4) is 0 Å². The zero-order valence-corrected chi connectivity index (χ0v) is 12.2. The standard InChI is InChI=1S/C14H21N3O4/c1-9(2)6-10(8-15)7-13(19)16-14-11(17(20)21)4-3-5-12(14)18/h3-5,9-10,18H,6-8,15H2,1-2H3,(H,16,19). The lowest BCUT2D eigenvalue weighted by atomic mass is 9.94. The molecule has 21 heavy (non-hydrogen) atoms. The third kappa shape index (κ3) is 5.03. The Morgan fingerprint density at radius 1 is 1.48 bits per heavy atom. The number of hydrogen-bond acceptors (Lipinski definition) is 5. The quantitative estimate of drug-likeness (QED) is 0.405. The number of anilines is 1. The fourth-order valence-electron chi connectivity index (χ4n) is 2.19. The van der Waals surface area contributed by atoms with Crippen molar-refractivity contribution in [1.29, 1.82) is 0 Å². The van der Waals surface area contributed by atoms with Gasteiger partial charge in [-0.1, -0.05) is 19.9 Å². The van der Waals surface area contributed by atoms with Gasteiger partial charge >= 0.3 is 0 Å². The van der Waals surface area contributed by atoms with E-state index in [1.54, 1.807) is 0 Å². The van der Waals surface area contributed by atoms with Crippen molar-refractivity contribution in [3.8, 4) is 5.75 Å². The number of nitro groups is 1. The molecule has 116 valence electrons. The van der Waals surface area contributed by atoms with Gasteiger partial charge in [0, 0.05) is 12.5 Å². The first-order valence-electron chi connectivity index (χ1n) is 6.81. The highest BCUT2D eigenvalue weighted by atomic mass is 16.6. The molecular formula is C14H21N3O4. The van der Waals surface area contributed by atoms with Crippen molar-refractivity contribution < 1.29 is 14.8 Å². The summed E-state index contributed by atoms with van der Waals surface area (Å²) >= 11 is 0. The van der Waals surface area contributed by atoms with E-state index in [0.29, 0.717) is 12.5 Å². The van der Waals surface area contributed by atoms with E-state index in [4.69, 9.17) is 5.73 Å². The van der Waals surface area contributed by atoms with Gasteiger partial charge in [0.1, 0.15) is 5.75 Å². The average Bonchev–Trinajstić information content (AvgIpc) is 2.39. The zero-order valence-electron chi connectivity index (χ0n) is 12.2. The van der Waals surface area contributed by atoms with Crippen LogP contribution in [-0.2, 0) is 4.79 Å². The normalized spacial score (nSPS) is 12.2. The topological polar surface area (TPSA) is 118 Å². The molecule has 0 aromatic heterocycles. The molecule has 1 aromatic rings. The first-order valence-corrected chi connectivity index (χ1v) is 6.81. The molecule has 0 aliphatic rings. The van der Waals surface area contributed by atoms with E-state index >= 15 is 0 Å². The number of rotatable bonds is 7. The van der Waals surface area contributed by atoms with Crippen LogP contribution in [0.15, 0.2) is 18.2 Å². The number of para-hydroxylation sites is 1. The summed E-state index contributed by atoms with van der Waals surface area (Å²) in [4.78, 5) is 22.2. The van der Waals surface area contributed by atoms with Gasteiger partial charge in [0.2, 0.25) is 5.91 Å². The highest BCUT2D eigenvalue weighted by Crippen LogP contribution is 2.33. The summed E-state index contributed by atoms with van der Waals surface area (Å²) in [5.74, 6) is -0.304. The number of nitrogens with two attached hydrogens (primary N) is 1. The minimum absolute atomic E-state index is 0.00918. The number of benzene rings is 1. The number of nitrogens with one attached hydrogen (secondary N) is 1. The largest absolute Gasteiger partial charge is 0.505 e. The highest BCUT2D eigenvalue weighted by molar-refractivity contribution is 5.95. The molecule has 1 aromatic carbocycles. The van der Waals surface area contributed by atoms with E-state index < -0.39 is 10.8 Å². The molecule has 1 atom stereocenters. The minimum Gasteiger partial charge on any atom is -0.505 e. The van der Waals surface area contributed by atoms with Crippen molar-refractivity contribution in [3.05, 3.63) is 28.3 Å². The Kier molecular flexibility index (Phi) is 6.10. The Balaban J connectivity index is 2.81. The summed E-state index contributed by atoms with van der Waals surface area (Å²) in [6, 6.07) is 3.87. The van der Waals surface area contributed by atoms with Crippen LogP contribution in [0.25, 0.3) is 0 Å². The molecule has 0 saturated carbocycles. The zero-order chi connectivity index (χ0) is 16.0. The number of nitro benzene ring substituents is 1.